The van der Waals surface area contributed by atoms with Gasteiger partial charge in [-0.2, -0.15) is 4.31 Å². The van der Waals surface area contributed by atoms with E-state index in [9.17, 15) is 13.2 Å². The van der Waals surface area contributed by atoms with E-state index in [1.807, 2.05) is 26.8 Å². The van der Waals surface area contributed by atoms with E-state index in [-0.39, 0.29) is 36.4 Å². The maximum absolute atomic E-state index is 13.1. The lowest BCUT2D eigenvalue weighted by molar-refractivity contribution is -0.118. The molecule has 1 heterocycles. The molecule has 1 N–H and O–H groups in total. The molecule has 0 radical (unpaired) electrons. The van der Waals surface area contributed by atoms with Crippen LogP contribution in [0.4, 0.5) is 5.69 Å². The van der Waals surface area contributed by atoms with Gasteiger partial charge in [0, 0.05) is 13.1 Å². The van der Waals surface area contributed by atoms with Crippen molar-refractivity contribution in [2.75, 3.05) is 44.8 Å². The summed E-state index contributed by atoms with van der Waals surface area (Å²) in [4.78, 5) is 12.8. The van der Waals surface area contributed by atoms with Crippen LogP contribution in [0.2, 0.25) is 0 Å². The van der Waals surface area contributed by atoms with Crippen LogP contribution in [0.15, 0.2) is 47.4 Å². The SMILES string of the molecule is CCCOc1ccccc1OCC(=O)Nc1cc(S(=O)(=O)N2CCOCC2)ccc1OC(C)C. The third-order valence-corrected chi connectivity index (χ3v) is 6.76. The van der Waals surface area contributed by atoms with Crippen molar-refractivity contribution in [3.63, 3.8) is 0 Å². The Bertz CT molecular complexity index is 1070. The lowest BCUT2D eigenvalue weighted by atomic mass is 10.2. The number of rotatable bonds is 11. The van der Waals surface area contributed by atoms with Crippen LogP contribution in [0, 0.1) is 0 Å². The highest BCUT2D eigenvalue weighted by Crippen LogP contribution is 2.31. The highest BCUT2D eigenvalue weighted by molar-refractivity contribution is 7.89. The monoisotopic (exact) mass is 492 g/mol. The van der Waals surface area contributed by atoms with E-state index in [0.29, 0.717) is 37.1 Å². The number of nitrogens with zero attached hydrogens (tertiary/aromatic N) is 1. The molecule has 0 bridgehead atoms. The number of sulfonamides is 1. The third kappa shape index (κ3) is 6.85. The van der Waals surface area contributed by atoms with E-state index in [2.05, 4.69) is 5.32 Å². The van der Waals surface area contributed by atoms with Crippen molar-refractivity contribution >= 4 is 21.6 Å². The molecule has 9 nitrogen and oxygen atoms in total. The smallest absolute Gasteiger partial charge is 0.262 e. The highest BCUT2D eigenvalue weighted by Gasteiger charge is 2.27. The maximum Gasteiger partial charge on any atom is 0.262 e. The van der Waals surface area contributed by atoms with E-state index in [1.54, 1.807) is 24.3 Å². The van der Waals surface area contributed by atoms with Crippen LogP contribution in [0.25, 0.3) is 0 Å². The molecule has 1 aliphatic rings. The van der Waals surface area contributed by atoms with Gasteiger partial charge in [0.25, 0.3) is 5.91 Å². The second-order valence-corrected chi connectivity index (χ2v) is 9.91. The van der Waals surface area contributed by atoms with Crippen LogP contribution in [-0.4, -0.2) is 64.3 Å². The quantitative estimate of drug-likeness (QED) is 0.513. The number of nitrogens with one attached hydrogen (secondary N) is 1. The molecule has 0 spiro atoms. The van der Waals surface area contributed by atoms with Gasteiger partial charge in [0.1, 0.15) is 5.75 Å². The van der Waals surface area contributed by atoms with Crippen LogP contribution in [0.3, 0.4) is 0 Å². The van der Waals surface area contributed by atoms with Gasteiger partial charge in [-0.15, -0.1) is 0 Å². The first kappa shape index (κ1) is 25.8. The predicted octanol–water partition coefficient (Wildman–Crippen LogP) is 3.30. The minimum Gasteiger partial charge on any atom is -0.490 e. The third-order valence-electron chi connectivity index (χ3n) is 4.87. The number of para-hydroxylation sites is 2. The van der Waals surface area contributed by atoms with Gasteiger partial charge in [0.05, 0.1) is 36.5 Å². The Morgan fingerprint density at radius 3 is 2.38 bits per heavy atom. The minimum atomic E-state index is -3.74. The van der Waals surface area contributed by atoms with Gasteiger partial charge in [0.15, 0.2) is 18.1 Å². The molecule has 34 heavy (non-hydrogen) atoms. The molecule has 1 aliphatic heterocycles. The van der Waals surface area contributed by atoms with Gasteiger partial charge in [-0.05, 0) is 50.6 Å². The van der Waals surface area contributed by atoms with E-state index < -0.39 is 15.9 Å². The molecule has 2 aromatic rings. The zero-order valence-corrected chi connectivity index (χ0v) is 20.6. The molecule has 0 atom stereocenters. The Kier molecular flexibility index (Phi) is 9.14. The van der Waals surface area contributed by atoms with Gasteiger partial charge >= 0.3 is 0 Å². The second kappa shape index (κ2) is 12.0. The number of benzene rings is 2. The first-order valence-corrected chi connectivity index (χ1v) is 12.8. The molecule has 2 aromatic carbocycles. The number of morpholine rings is 1. The summed E-state index contributed by atoms with van der Waals surface area (Å²) in [6, 6.07) is 11.6. The van der Waals surface area contributed by atoms with Crippen LogP contribution < -0.4 is 19.5 Å². The van der Waals surface area contributed by atoms with Crippen molar-refractivity contribution in [3.05, 3.63) is 42.5 Å². The Morgan fingerprint density at radius 2 is 1.74 bits per heavy atom. The zero-order chi connectivity index (χ0) is 24.6. The van der Waals surface area contributed by atoms with Crippen molar-refractivity contribution in [1.29, 1.82) is 0 Å². The summed E-state index contributed by atoms with van der Waals surface area (Å²) >= 11 is 0. The summed E-state index contributed by atoms with van der Waals surface area (Å²) in [6.07, 6.45) is 0.674. The van der Waals surface area contributed by atoms with Crippen molar-refractivity contribution in [2.24, 2.45) is 0 Å². The lowest BCUT2D eigenvalue weighted by Crippen LogP contribution is -2.40. The van der Waals surface area contributed by atoms with Gasteiger partial charge in [0.2, 0.25) is 10.0 Å². The zero-order valence-electron chi connectivity index (χ0n) is 19.8. The first-order valence-electron chi connectivity index (χ1n) is 11.3. The van der Waals surface area contributed by atoms with Gasteiger partial charge in [-0.1, -0.05) is 19.1 Å². The molecule has 1 fully saturated rings. The summed E-state index contributed by atoms with van der Waals surface area (Å²) in [5.41, 5.74) is 0.257. The largest absolute Gasteiger partial charge is 0.490 e. The fourth-order valence-corrected chi connectivity index (χ4v) is 4.72. The summed E-state index contributed by atoms with van der Waals surface area (Å²) in [7, 11) is -3.74. The van der Waals surface area contributed by atoms with E-state index >= 15 is 0 Å². The van der Waals surface area contributed by atoms with Crippen molar-refractivity contribution < 1.29 is 32.2 Å². The average molecular weight is 493 g/mol. The molecule has 3 rings (SSSR count). The topological polar surface area (TPSA) is 103 Å². The summed E-state index contributed by atoms with van der Waals surface area (Å²) in [5, 5.41) is 2.73. The number of ether oxygens (including phenoxy) is 4. The van der Waals surface area contributed by atoms with Crippen molar-refractivity contribution in [3.8, 4) is 17.2 Å². The number of hydrogen-bond donors (Lipinski definition) is 1. The number of anilines is 1. The fraction of sp³-hybridized carbons (Fsp3) is 0.458. The molecule has 1 saturated heterocycles. The number of amides is 1. The predicted molar refractivity (Wildman–Crippen MR) is 128 cm³/mol. The van der Waals surface area contributed by atoms with E-state index in [1.165, 1.54) is 16.4 Å². The molecule has 186 valence electrons. The van der Waals surface area contributed by atoms with E-state index in [0.717, 1.165) is 6.42 Å². The molecule has 10 heteroatoms. The molecular weight excluding hydrogens is 460 g/mol. The van der Waals surface area contributed by atoms with Crippen molar-refractivity contribution in [1.82, 2.24) is 4.31 Å². The Hall–Kier alpha value is -2.82. The number of hydrogen-bond acceptors (Lipinski definition) is 7. The molecule has 1 amide bonds. The summed E-state index contributed by atoms with van der Waals surface area (Å²) < 4.78 is 49.9. The normalized spacial score (nSPS) is 14.6. The van der Waals surface area contributed by atoms with Gasteiger partial charge in [-0.3, -0.25) is 4.79 Å². The molecule has 0 saturated carbocycles. The van der Waals surface area contributed by atoms with Crippen LogP contribution in [0.5, 0.6) is 17.2 Å². The van der Waals surface area contributed by atoms with Crippen LogP contribution in [0.1, 0.15) is 27.2 Å². The van der Waals surface area contributed by atoms with Crippen LogP contribution >= 0.6 is 0 Å². The number of carbonyl (C=O) groups is 1. The summed E-state index contributed by atoms with van der Waals surface area (Å²) in [6.45, 7) is 7.20. The Labute approximate surface area is 201 Å². The van der Waals surface area contributed by atoms with Gasteiger partial charge in [-0.25, -0.2) is 8.42 Å². The first-order chi connectivity index (χ1) is 16.3. The Balaban J connectivity index is 1.76. The second-order valence-electron chi connectivity index (χ2n) is 7.97. The van der Waals surface area contributed by atoms with Gasteiger partial charge < -0.3 is 24.3 Å². The molecular formula is C24H32N2O7S. The summed E-state index contributed by atoms with van der Waals surface area (Å²) in [5.74, 6) is 0.920. The molecule has 0 aromatic heterocycles. The molecule has 0 unspecified atom stereocenters. The minimum absolute atomic E-state index is 0.0695. The fourth-order valence-electron chi connectivity index (χ4n) is 3.29. The maximum atomic E-state index is 13.1. The van der Waals surface area contributed by atoms with Crippen LogP contribution in [-0.2, 0) is 19.6 Å². The Morgan fingerprint density at radius 1 is 1.06 bits per heavy atom. The molecule has 0 aliphatic carbocycles. The number of carbonyl (C=O) groups excluding carboxylic acids is 1. The van der Waals surface area contributed by atoms with Crippen molar-refractivity contribution in [2.45, 2.75) is 38.2 Å². The van der Waals surface area contributed by atoms with E-state index in [4.69, 9.17) is 18.9 Å². The lowest BCUT2D eigenvalue weighted by Gasteiger charge is -2.26. The standard InChI is InChI=1S/C24H32N2O7S/c1-4-13-31-22-7-5-6-8-23(22)32-17-24(27)25-20-16-19(9-10-21(20)33-18(2)3)34(28,29)26-11-14-30-15-12-26/h5-10,16,18H,4,11-15,17H2,1-3H3,(H,25,27). The highest BCUT2D eigenvalue weighted by atomic mass is 32.2. The average Bonchev–Trinajstić information content (AvgIpc) is 2.83.